The average molecular weight is 445 g/mol. The highest BCUT2D eigenvalue weighted by atomic mass is 14.2. The van der Waals surface area contributed by atoms with Gasteiger partial charge in [-0.05, 0) is 78.7 Å². The molecule has 0 saturated heterocycles. The fourth-order valence-electron chi connectivity index (χ4n) is 5.51. The molecule has 7 aromatic carbocycles. The van der Waals surface area contributed by atoms with E-state index in [1.165, 1.54) is 71.3 Å². The lowest BCUT2D eigenvalue weighted by molar-refractivity contribution is 1.47. The van der Waals surface area contributed by atoms with Crippen LogP contribution in [-0.2, 0) is 0 Å². The Morgan fingerprint density at radius 2 is 0.886 bits per heavy atom. The van der Waals surface area contributed by atoms with Crippen LogP contribution >= 0.6 is 0 Å². The molecule has 0 aromatic heterocycles. The van der Waals surface area contributed by atoms with Gasteiger partial charge in [0.2, 0.25) is 0 Å². The minimum atomic E-state index is 1.24. The lowest BCUT2D eigenvalue weighted by Crippen LogP contribution is -1.91. The van der Waals surface area contributed by atoms with E-state index >= 15 is 0 Å². The molecule has 0 radical (unpaired) electrons. The van der Waals surface area contributed by atoms with E-state index in [-0.39, 0.29) is 0 Å². The largest absolute Gasteiger partial charge is 0.0622 e. The Balaban J connectivity index is 1.53. The summed E-state index contributed by atoms with van der Waals surface area (Å²) in [4.78, 5) is 0. The van der Waals surface area contributed by atoms with E-state index in [1.807, 2.05) is 0 Å². The number of rotatable bonds is 3. The van der Waals surface area contributed by atoms with Crippen LogP contribution in [0.25, 0.3) is 65.7 Å². The van der Waals surface area contributed by atoms with Gasteiger partial charge in [0.15, 0.2) is 0 Å². The normalized spacial score (nSPS) is 11.6. The van der Waals surface area contributed by atoms with Gasteiger partial charge in [0.1, 0.15) is 0 Å². The summed E-state index contributed by atoms with van der Waals surface area (Å²) in [5.41, 5.74) is 8.85. The van der Waals surface area contributed by atoms with Crippen molar-refractivity contribution in [2.45, 2.75) is 6.92 Å². The summed E-state index contributed by atoms with van der Waals surface area (Å²) >= 11 is 0. The van der Waals surface area contributed by atoms with E-state index in [0.29, 0.717) is 0 Å². The van der Waals surface area contributed by atoms with Gasteiger partial charge in [0.25, 0.3) is 0 Å². The third-order valence-electron chi connectivity index (χ3n) is 7.31. The first-order valence-corrected chi connectivity index (χ1v) is 12.2. The van der Waals surface area contributed by atoms with Crippen LogP contribution in [0.15, 0.2) is 127 Å². The topological polar surface area (TPSA) is 0 Å². The lowest BCUT2D eigenvalue weighted by Gasteiger charge is -2.18. The molecule has 35 heavy (non-hydrogen) atoms. The Morgan fingerprint density at radius 1 is 0.371 bits per heavy atom. The molecule has 0 unspecified atom stereocenters. The van der Waals surface area contributed by atoms with Gasteiger partial charge in [-0.15, -0.1) is 0 Å². The zero-order chi connectivity index (χ0) is 23.4. The molecular formula is C35H24. The van der Waals surface area contributed by atoms with Gasteiger partial charge in [-0.3, -0.25) is 0 Å². The van der Waals surface area contributed by atoms with Crippen molar-refractivity contribution in [1.29, 1.82) is 0 Å². The first kappa shape index (κ1) is 20.0. The van der Waals surface area contributed by atoms with Crippen LogP contribution in [0, 0.1) is 6.92 Å². The van der Waals surface area contributed by atoms with Crippen molar-refractivity contribution in [3.63, 3.8) is 0 Å². The van der Waals surface area contributed by atoms with Crippen LogP contribution in [0.3, 0.4) is 0 Å². The summed E-state index contributed by atoms with van der Waals surface area (Å²) in [6.45, 7) is 2.15. The SMILES string of the molecule is Cc1ccc(-c2cc(-c3ccc(-c4ccccc4)cc3)c3ccc4cccc5ccc2c3c54)cc1. The van der Waals surface area contributed by atoms with E-state index in [1.54, 1.807) is 0 Å². The zero-order valence-electron chi connectivity index (χ0n) is 19.6. The van der Waals surface area contributed by atoms with Crippen molar-refractivity contribution in [3.05, 3.63) is 133 Å². The van der Waals surface area contributed by atoms with Crippen molar-refractivity contribution in [2.75, 3.05) is 0 Å². The van der Waals surface area contributed by atoms with Gasteiger partial charge in [-0.1, -0.05) is 127 Å². The van der Waals surface area contributed by atoms with Crippen LogP contribution in [0.5, 0.6) is 0 Å². The second-order valence-corrected chi connectivity index (χ2v) is 9.46. The molecular weight excluding hydrogens is 420 g/mol. The zero-order valence-corrected chi connectivity index (χ0v) is 19.6. The Bertz CT molecular complexity index is 1790. The summed E-state index contributed by atoms with van der Waals surface area (Å²) in [7, 11) is 0. The first-order valence-electron chi connectivity index (χ1n) is 12.2. The van der Waals surface area contributed by atoms with Gasteiger partial charge >= 0.3 is 0 Å². The van der Waals surface area contributed by atoms with Crippen molar-refractivity contribution < 1.29 is 0 Å². The highest BCUT2D eigenvalue weighted by molar-refractivity contribution is 6.28. The molecule has 0 nitrogen and oxygen atoms in total. The summed E-state index contributed by atoms with van der Waals surface area (Å²) < 4.78 is 0. The minimum absolute atomic E-state index is 1.24. The van der Waals surface area contributed by atoms with E-state index in [9.17, 15) is 0 Å². The first-order chi connectivity index (χ1) is 17.3. The van der Waals surface area contributed by atoms with Gasteiger partial charge in [-0.2, -0.15) is 0 Å². The summed E-state index contributed by atoms with van der Waals surface area (Å²) in [5, 5.41) is 7.95. The van der Waals surface area contributed by atoms with Crippen LogP contribution < -0.4 is 0 Å². The highest BCUT2D eigenvalue weighted by Gasteiger charge is 2.16. The highest BCUT2D eigenvalue weighted by Crippen LogP contribution is 2.44. The molecule has 0 heteroatoms. The maximum absolute atomic E-state index is 2.39. The van der Waals surface area contributed by atoms with Crippen LogP contribution in [0.4, 0.5) is 0 Å². The fourth-order valence-corrected chi connectivity index (χ4v) is 5.51. The standard InChI is InChI=1S/C35H24/c1-23-10-12-26(13-11-23)32-22-33(27-16-14-25(15-17-27)24-6-3-2-4-7-24)31-21-19-29-9-5-8-28-18-20-30(32)35(31)34(28)29/h2-22H,1H3. The molecule has 7 aromatic rings. The number of aryl methyl sites for hydroxylation is 1. The third-order valence-corrected chi connectivity index (χ3v) is 7.31. The fraction of sp³-hybridized carbons (Fsp3) is 0.0286. The molecule has 164 valence electrons. The molecule has 0 fully saturated rings. The summed E-state index contributed by atoms with van der Waals surface area (Å²) in [5.74, 6) is 0. The van der Waals surface area contributed by atoms with E-state index in [2.05, 4.69) is 134 Å². The molecule has 0 aliphatic carbocycles. The van der Waals surface area contributed by atoms with Gasteiger partial charge in [0.05, 0.1) is 0 Å². The quantitative estimate of drug-likeness (QED) is 0.238. The lowest BCUT2D eigenvalue weighted by atomic mass is 9.85. The van der Waals surface area contributed by atoms with E-state index in [0.717, 1.165) is 0 Å². The van der Waals surface area contributed by atoms with Crippen molar-refractivity contribution in [1.82, 2.24) is 0 Å². The summed E-state index contributed by atoms with van der Waals surface area (Å²) in [6, 6.07) is 46.7. The molecule has 0 N–H and O–H groups in total. The summed E-state index contributed by atoms with van der Waals surface area (Å²) in [6.07, 6.45) is 0. The van der Waals surface area contributed by atoms with Crippen molar-refractivity contribution in [3.8, 4) is 33.4 Å². The monoisotopic (exact) mass is 444 g/mol. The van der Waals surface area contributed by atoms with Gasteiger partial charge in [0, 0.05) is 0 Å². The molecule has 0 aliphatic rings. The molecule has 0 saturated carbocycles. The Kier molecular flexibility index (Phi) is 4.47. The second kappa shape index (κ2) is 7.82. The minimum Gasteiger partial charge on any atom is -0.0622 e. The van der Waals surface area contributed by atoms with Gasteiger partial charge < -0.3 is 0 Å². The maximum Gasteiger partial charge on any atom is -0.00143 e. The third kappa shape index (κ3) is 3.22. The average Bonchev–Trinajstić information content (AvgIpc) is 2.92. The molecule has 0 aliphatic heterocycles. The molecule has 0 amide bonds. The Labute approximate surface area is 205 Å². The Hall–Kier alpha value is -4.42. The Morgan fingerprint density at radius 3 is 1.49 bits per heavy atom. The van der Waals surface area contributed by atoms with Crippen LogP contribution in [0.2, 0.25) is 0 Å². The molecule has 0 spiro atoms. The maximum atomic E-state index is 2.39. The number of benzene rings is 7. The van der Waals surface area contributed by atoms with Crippen molar-refractivity contribution >= 4 is 32.3 Å². The predicted molar refractivity (Wildman–Crippen MR) is 151 cm³/mol. The molecule has 0 bridgehead atoms. The smallest absolute Gasteiger partial charge is 0.00143 e. The number of hydrogen-bond acceptors (Lipinski definition) is 0. The number of hydrogen-bond donors (Lipinski definition) is 0. The predicted octanol–water partition coefficient (Wildman–Crippen LogP) is 9.89. The van der Waals surface area contributed by atoms with E-state index in [4.69, 9.17) is 0 Å². The molecule has 0 heterocycles. The second-order valence-electron chi connectivity index (χ2n) is 9.46. The van der Waals surface area contributed by atoms with Crippen molar-refractivity contribution in [2.24, 2.45) is 0 Å². The molecule has 7 rings (SSSR count). The van der Waals surface area contributed by atoms with Crippen LogP contribution in [0.1, 0.15) is 5.56 Å². The molecule has 0 atom stereocenters. The van der Waals surface area contributed by atoms with Gasteiger partial charge in [-0.25, -0.2) is 0 Å². The van der Waals surface area contributed by atoms with Crippen LogP contribution in [-0.4, -0.2) is 0 Å². The van der Waals surface area contributed by atoms with E-state index < -0.39 is 0 Å².